The fourth-order valence-corrected chi connectivity index (χ4v) is 2.36. The number of hydrogen-bond donors (Lipinski definition) is 2. The average Bonchev–Trinajstić information content (AvgIpc) is 2.42. The van der Waals surface area contributed by atoms with Crippen molar-refractivity contribution in [3.05, 3.63) is 34.9 Å². The van der Waals surface area contributed by atoms with E-state index in [0.717, 1.165) is 37.3 Å². The highest BCUT2D eigenvalue weighted by atomic mass is 16.1. The van der Waals surface area contributed by atoms with E-state index in [2.05, 4.69) is 24.1 Å². The van der Waals surface area contributed by atoms with Crippen LogP contribution in [-0.4, -0.2) is 37.0 Å². The van der Waals surface area contributed by atoms with Gasteiger partial charge in [0.25, 0.3) is 0 Å². The Morgan fingerprint density at radius 3 is 2.50 bits per heavy atom. The molecule has 0 aliphatic carbocycles. The molecule has 1 amide bonds. The lowest BCUT2D eigenvalue weighted by molar-refractivity contribution is -0.120. The van der Waals surface area contributed by atoms with Gasteiger partial charge in [0.2, 0.25) is 5.91 Å². The van der Waals surface area contributed by atoms with E-state index >= 15 is 0 Å². The number of carbonyl (C=O) groups is 1. The summed E-state index contributed by atoms with van der Waals surface area (Å²) in [7, 11) is 0. The van der Waals surface area contributed by atoms with Gasteiger partial charge in [-0.25, -0.2) is 0 Å². The highest BCUT2D eigenvalue weighted by Gasteiger charge is 2.19. The van der Waals surface area contributed by atoms with Crippen LogP contribution in [0.15, 0.2) is 18.2 Å². The van der Waals surface area contributed by atoms with Crippen LogP contribution in [0.4, 0.5) is 0 Å². The van der Waals surface area contributed by atoms with Crippen molar-refractivity contribution >= 4 is 5.91 Å². The molecule has 1 aromatic carbocycles. The Hall–Kier alpha value is -1.39. The number of primary amides is 1. The second-order valence-corrected chi connectivity index (χ2v) is 5.11. The molecule has 0 spiro atoms. The fourth-order valence-electron chi connectivity index (χ4n) is 2.36. The number of benzene rings is 1. The van der Waals surface area contributed by atoms with Gasteiger partial charge in [-0.15, -0.1) is 0 Å². The summed E-state index contributed by atoms with van der Waals surface area (Å²) < 4.78 is 0. The molecule has 3 N–H and O–H groups in total. The largest absolute Gasteiger partial charge is 0.368 e. The second-order valence-electron chi connectivity index (χ2n) is 5.11. The van der Waals surface area contributed by atoms with Gasteiger partial charge in [-0.3, -0.25) is 4.79 Å². The predicted octanol–water partition coefficient (Wildman–Crippen LogP) is 1.76. The Kier molecular flexibility index (Phi) is 6.68. The predicted molar refractivity (Wildman–Crippen MR) is 83.6 cm³/mol. The molecule has 4 nitrogen and oxygen atoms in total. The molecule has 0 saturated heterocycles. The molecule has 0 saturated carbocycles. The van der Waals surface area contributed by atoms with Gasteiger partial charge in [0.1, 0.15) is 6.04 Å². The minimum Gasteiger partial charge on any atom is -0.368 e. The van der Waals surface area contributed by atoms with Gasteiger partial charge in [-0.1, -0.05) is 32.0 Å². The fraction of sp³-hybridized carbons (Fsp3) is 0.562. The maximum Gasteiger partial charge on any atom is 0.239 e. The molecule has 0 heterocycles. The standard InChI is InChI=1S/C16H27N3O/c1-5-19(6-2)11-10-18-15(16(17)20)14-9-7-8-12(3)13(14)4/h7-9,15,18H,5-6,10-11H2,1-4H3,(H2,17,20). The van der Waals surface area contributed by atoms with E-state index in [0.29, 0.717) is 0 Å². The SMILES string of the molecule is CCN(CC)CCNC(C(N)=O)c1cccc(C)c1C. The zero-order valence-corrected chi connectivity index (χ0v) is 13.1. The first-order chi connectivity index (χ1) is 9.51. The number of aryl methyl sites for hydroxylation is 1. The Bertz CT molecular complexity index is 441. The number of amides is 1. The van der Waals surface area contributed by atoms with E-state index in [1.54, 1.807) is 0 Å². The first kappa shape index (κ1) is 16.7. The normalized spacial score (nSPS) is 12.7. The van der Waals surface area contributed by atoms with Crippen molar-refractivity contribution in [1.29, 1.82) is 0 Å². The molecule has 0 aliphatic rings. The molecular formula is C16H27N3O. The molecule has 1 aromatic rings. The van der Waals surface area contributed by atoms with Crippen LogP contribution in [0, 0.1) is 13.8 Å². The molecule has 4 heteroatoms. The third-order valence-corrected chi connectivity index (χ3v) is 3.91. The van der Waals surface area contributed by atoms with Gasteiger partial charge in [0.05, 0.1) is 0 Å². The zero-order chi connectivity index (χ0) is 15.1. The van der Waals surface area contributed by atoms with Gasteiger partial charge >= 0.3 is 0 Å². The van der Waals surface area contributed by atoms with Crippen LogP contribution in [0.5, 0.6) is 0 Å². The molecular weight excluding hydrogens is 250 g/mol. The Morgan fingerprint density at radius 1 is 1.30 bits per heavy atom. The number of rotatable bonds is 8. The number of likely N-dealkylation sites (N-methyl/N-ethyl adjacent to an activating group) is 1. The topological polar surface area (TPSA) is 58.4 Å². The molecule has 0 radical (unpaired) electrons. The number of nitrogens with two attached hydrogens (primary N) is 1. The van der Waals surface area contributed by atoms with Gasteiger partial charge in [-0.2, -0.15) is 0 Å². The Balaban J connectivity index is 2.75. The summed E-state index contributed by atoms with van der Waals surface area (Å²) in [5.74, 6) is -0.321. The number of carbonyl (C=O) groups excluding carboxylic acids is 1. The van der Waals surface area contributed by atoms with Gasteiger partial charge in [-0.05, 0) is 43.6 Å². The van der Waals surface area contributed by atoms with E-state index in [1.807, 2.05) is 32.0 Å². The molecule has 1 atom stereocenters. The van der Waals surface area contributed by atoms with Crippen LogP contribution in [-0.2, 0) is 4.79 Å². The van der Waals surface area contributed by atoms with E-state index in [-0.39, 0.29) is 5.91 Å². The summed E-state index contributed by atoms with van der Waals surface area (Å²) in [6.45, 7) is 12.1. The quantitative estimate of drug-likeness (QED) is 0.761. The third-order valence-electron chi connectivity index (χ3n) is 3.91. The van der Waals surface area contributed by atoms with Crippen LogP contribution < -0.4 is 11.1 Å². The molecule has 20 heavy (non-hydrogen) atoms. The Morgan fingerprint density at radius 2 is 1.95 bits per heavy atom. The number of nitrogens with zero attached hydrogens (tertiary/aromatic N) is 1. The first-order valence-electron chi connectivity index (χ1n) is 7.32. The number of hydrogen-bond acceptors (Lipinski definition) is 3. The van der Waals surface area contributed by atoms with Crippen molar-refractivity contribution < 1.29 is 4.79 Å². The Labute approximate surface area is 122 Å². The van der Waals surface area contributed by atoms with Crippen molar-refractivity contribution in [1.82, 2.24) is 10.2 Å². The maximum atomic E-state index is 11.7. The minimum absolute atomic E-state index is 0.321. The smallest absolute Gasteiger partial charge is 0.239 e. The maximum absolute atomic E-state index is 11.7. The minimum atomic E-state index is -0.412. The lowest BCUT2D eigenvalue weighted by Gasteiger charge is -2.22. The van der Waals surface area contributed by atoms with Gasteiger partial charge in [0, 0.05) is 13.1 Å². The van der Waals surface area contributed by atoms with Crippen molar-refractivity contribution in [2.75, 3.05) is 26.2 Å². The summed E-state index contributed by atoms with van der Waals surface area (Å²) in [5.41, 5.74) is 8.85. The summed E-state index contributed by atoms with van der Waals surface area (Å²) in [6.07, 6.45) is 0. The summed E-state index contributed by atoms with van der Waals surface area (Å²) in [6, 6.07) is 5.58. The van der Waals surface area contributed by atoms with Crippen LogP contribution in [0.25, 0.3) is 0 Å². The summed E-state index contributed by atoms with van der Waals surface area (Å²) in [4.78, 5) is 14.0. The highest BCUT2D eigenvalue weighted by molar-refractivity contribution is 5.82. The zero-order valence-electron chi connectivity index (χ0n) is 13.1. The lowest BCUT2D eigenvalue weighted by atomic mass is 9.97. The monoisotopic (exact) mass is 277 g/mol. The summed E-state index contributed by atoms with van der Waals surface area (Å²) in [5, 5.41) is 3.29. The third kappa shape index (κ3) is 4.32. The molecule has 0 aliphatic heterocycles. The molecule has 0 aromatic heterocycles. The van der Waals surface area contributed by atoms with Gasteiger partial charge < -0.3 is 16.0 Å². The van der Waals surface area contributed by atoms with E-state index < -0.39 is 6.04 Å². The molecule has 0 fully saturated rings. The number of nitrogens with one attached hydrogen (secondary N) is 1. The molecule has 1 unspecified atom stereocenters. The van der Waals surface area contributed by atoms with Crippen LogP contribution >= 0.6 is 0 Å². The van der Waals surface area contributed by atoms with Crippen molar-refractivity contribution in [3.63, 3.8) is 0 Å². The van der Waals surface area contributed by atoms with E-state index in [9.17, 15) is 4.79 Å². The van der Waals surface area contributed by atoms with Crippen LogP contribution in [0.2, 0.25) is 0 Å². The highest BCUT2D eigenvalue weighted by Crippen LogP contribution is 2.20. The van der Waals surface area contributed by atoms with Crippen LogP contribution in [0.3, 0.4) is 0 Å². The van der Waals surface area contributed by atoms with E-state index in [4.69, 9.17) is 5.73 Å². The van der Waals surface area contributed by atoms with Gasteiger partial charge in [0.15, 0.2) is 0 Å². The van der Waals surface area contributed by atoms with Crippen molar-refractivity contribution in [3.8, 4) is 0 Å². The molecule has 1 rings (SSSR count). The average molecular weight is 277 g/mol. The van der Waals surface area contributed by atoms with Crippen LogP contribution in [0.1, 0.15) is 36.6 Å². The molecule has 0 bridgehead atoms. The van der Waals surface area contributed by atoms with Crippen molar-refractivity contribution in [2.24, 2.45) is 5.73 Å². The van der Waals surface area contributed by atoms with Crippen molar-refractivity contribution in [2.45, 2.75) is 33.7 Å². The lowest BCUT2D eigenvalue weighted by Crippen LogP contribution is -2.39. The molecule has 112 valence electrons. The first-order valence-corrected chi connectivity index (χ1v) is 7.32. The van der Waals surface area contributed by atoms with E-state index in [1.165, 1.54) is 5.56 Å². The summed E-state index contributed by atoms with van der Waals surface area (Å²) >= 11 is 0. The second kappa shape index (κ2) is 8.02.